The van der Waals surface area contributed by atoms with E-state index in [2.05, 4.69) is 5.32 Å². The van der Waals surface area contributed by atoms with Crippen molar-refractivity contribution in [3.05, 3.63) is 0 Å². The number of nitrogens with one attached hydrogen (secondary N) is 1. The molecule has 0 aromatic rings. The van der Waals surface area contributed by atoms with Gasteiger partial charge in [0.2, 0.25) is 5.91 Å². The fourth-order valence-corrected chi connectivity index (χ4v) is 0.904. The van der Waals surface area contributed by atoms with Crippen LogP contribution in [-0.2, 0) is 21.3 Å². The minimum atomic E-state index is 0. The van der Waals surface area contributed by atoms with Crippen molar-refractivity contribution in [3.63, 3.8) is 0 Å². The molecule has 1 N–H and O–H groups in total. The van der Waals surface area contributed by atoms with Gasteiger partial charge >= 0.3 is 0 Å². The molecule has 1 amide bonds. The zero-order chi connectivity index (χ0) is 5.82. The minimum absolute atomic E-state index is 0. The summed E-state index contributed by atoms with van der Waals surface area (Å²) in [5.74, 6) is 0.225. The average Bonchev–Trinajstić information content (AvgIpc) is 1.94. The molecule has 2 nitrogen and oxygen atoms in total. The van der Waals surface area contributed by atoms with E-state index in [1.807, 2.05) is 0 Å². The summed E-state index contributed by atoms with van der Waals surface area (Å²) in [6, 6.07) is 0. The van der Waals surface area contributed by atoms with E-state index in [9.17, 15) is 4.79 Å². The third kappa shape index (κ3) is 3.52. The minimum Gasteiger partial charge on any atom is -0.356 e. The monoisotopic (exact) mass is 171 g/mol. The fraction of sp³-hybridized carbons (Fsp3) is 0.833. The van der Waals surface area contributed by atoms with Gasteiger partial charge in [-0.3, -0.25) is 4.79 Å². The third-order valence-electron chi connectivity index (χ3n) is 1.40. The molecule has 1 heterocycles. The van der Waals surface area contributed by atoms with Crippen molar-refractivity contribution in [2.45, 2.75) is 25.7 Å². The molecule has 0 atom stereocenters. The van der Waals surface area contributed by atoms with Crippen molar-refractivity contribution in [1.29, 1.82) is 0 Å². The van der Waals surface area contributed by atoms with Crippen molar-refractivity contribution >= 4 is 5.91 Å². The molecule has 0 saturated carbocycles. The quantitative estimate of drug-likeness (QED) is 0.534. The molecule has 1 fully saturated rings. The fourth-order valence-electron chi connectivity index (χ4n) is 0.904. The molecule has 1 saturated heterocycles. The van der Waals surface area contributed by atoms with Gasteiger partial charge in [0.1, 0.15) is 0 Å². The topological polar surface area (TPSA) is 29.1 Å². The molecule has 0 unspecified atom stereocenters. The van der Waals surface area contributed by atoms with Crippen LogP contribution in [0.15, 0.2) is 0 Å². The van der Waals surface area contributed by atoms with Crippen molar-refractivity contribution in [2.24, 2.45) is 0 Å². The number of carbonyl (C=O) groups excluding carboxylic acids is 1. The van der Waals surface area contributed by atoms with E-state index < -0.39 is 0 Å². The van der Waals surface area contributed by atoms with Gasteiger partial charge in [-0.25, -0.2) is 0 Å². The summed E-state index contributed by atoms with van der Waals surface area (Å²) in [7, 11) is 0. The van der Waals surface area contributed by atoms with Crippen LogP contribution in [0.25, 0.3) is 0 Å². The van der Waals surface area contributed by atoms with Gasteiger partial charge in [0, 0.05) is 29.5 Å². The van der Waals surface area contributed by atoms with Crippen LogP contribution < -0.4 is 5.32 Å². The Labute approximate surface area is 65.3 Å². The van der Waals surface area contributed by atoms with Gasteiger partial charge < -0.3 is 5.32 Å². The van der Waals surface area contributed by atoms with Gasteiger partial charge in [0.15, 0.2) is 0 Å². The Bertz CT molecular complexity index is 85.1. The Morgan fingerprint density at radius 2 is 2.00 bits per heavy atom. The molecule has 0 spiro atoms. The normalized spacial score (nSPS) is 19.3. The maximum Gasteiger partial charge on any atom is 0.219 e. The zero-order valence-electron chi connectivity index (χ0n) is 5.26. The van der Waals surface area contributed by atoms with Crippen LogP contribution in [0.3, 0.4) is 0 Å². The van der Waals surface area contributed by atoms with Gasteiger partial charge in [-0.1, -0.05) is 6.42 Å². The molecule has 0 radical (unpaired) electrons. The molecular formula is C6H11NNiO. The van der Waals surface area contributed by atoms with Crippen LogP contribution in [0.4, 0.5) is 0 Å². The van der Waals surface area contributed by atoms with Crippen molar-refractivity contribution < 1.29 is 21.3 Å². The second-order valence-electron chi connectivity index (χ2n) is 2.16. The predicted octanol–water partition coefficient (Wildman–Crippen LogP) is 0.674. The van der Waals surface area contributed by atoms with Crippen LogP contribution in [0.1, 0.15) is 25.7 Å². The number of hydrogen-bond donors (Lipinski definition) is 1. The van der Waals surface area contributed by atoms with Crippen molar-refractivity contribution in [2.75, 3.05) is 6.54 Å². The first-order valence-electron chi connectivity index (χ1n) is 3.16. The second-order valence-corrected chi connectivity index (χ2v) is 2.16. The molecule has 1 aliphatic heterocycles. The molecule has 3 heteroatoms. The largest absolute Gasteiger partial charge is 0.356 e. The zero-order valence-corrected chi connectivity index (χ0v) is 6.25. The van der Waals surface area contributed by atoms with E-state index in [1.54, 1.807) is 0 Å². The maximum absolute atomic E-state index is 10.6. The predicted molar refractivity (Wildman–Crippen MR) is 31.5 cm³/mol. The molecule has 1 aliphatic rings. The standard InChI is InChI=1S/C6H11NO.Ni/c8-6-4-2-1-3-5-7-6;/h1-5H2,(H,7,8);. The first-order valence-corrected chi connectivity index (χ1v) is 3.16. The van der Waals surface area contributed by atoms with Crippen LogP contribution in [0, 0.1) is 0 Å². The van der Waals surface area contributed by atoms with E-state index in [0.29, 0.717) is 0 Å². The van der Waals surface area contributed by atoms with Crippen LogP contribution in [0.2, 0.25) is 0 Å². The number of amides is 1. The molecule has 0 aromatic heterocycles. The summed E-state index contributed by atoms with van der Waals surface area (Å²) >= 11 is 0. The average molecular weight is 172 g/mol. The Morgan fingerprint density at radius 3 is 2.78 bits per heavy atom. The molecular weight excluding hydrogens is 161 g/mol. The van der Waals surface area contributed by atoms with Gasteiger partial charge in [-0.05, 0) is 12.8 Å². The van der Waals surface area contributed by atoms with E-state index in [0.717, 1.165) is 25.8 Å². The third-order valence-corrected chi connectivity index (χ3v) is 1.40. The summed E-state index contributed by atoms with van der Waals surface area (Å²) in [4.78, 5) is 10.6. The number of rotatable bonds is 0. The summed E-state index contributed by atoms with van der Waals surface area (Å²) in [6.07, 6.45) is 4.18. The van der Waals surface area contributed by atoms with E-state index in [1.165, 1.54) is 6.42 Å². The molecule has 0 bridgehead atoms. The molecule has 0 aliphatic carbocycles. The summed E-state index contributed by atoms with van der Waals surface area (Å²) in [6.45, 7) is 0.888. The molecule has 56 valence electrons. The Balaban J connectivity index is 0.000000640. The van der Waals surface area contributed by atoms with Gasteiger partial charge in [0.05, 0.1) is 0 Å². The van der Waals surface area contributed by atoms with Crippen LogP contribution in [-0.4, -0.2) is 12.5 Å². The SMILES string of the molecule is O=C1CCCCCN1.[Ni]. The van der Waals surface area contributed by atoms with E-state index >= 15 is 0 Å². The first-order chi connectivity index (χ1) is 3.89. The number of carbonyl (C=O) groups is 1. The Morgan fingerprint density at radius 1 is 1.22 bits per heavy atom. The van der Waals surface area contributed by atoms with Gasteiger partial charge in [0.25, 0.3) is 0 Å². The summed E-state index contributed by atoms with van der Waals surface area (Å²) in [5, 5.41) is 2.81. The van der Waals surface area contributed by atoms with Gasteiger partial charge in [-0.2, -0.15) is 0 Å². The molecule has 1 rings (SSSR count). The maximum atomic E-state index is 10.6. The van der Waals surface area contributed by atoms with Crippen LogP contribution in [0.5, 0.6) is 0 Å². The van der Waals surface area contributed by atoms with E-state index in [-0.39, 0.29) is 22.4 Å². The first kappa shape index (κ1) is 8.96. The Hall–Kier alpha value is -0.0365. The molecule has 0 aromatic carbocycles. The summed E-state index contributed by atoms with van der Waals surface area (Å²) < 4.78 is 0. The van der Waals surface area contributed by atoms with Crippen LogP contribution >= 0.6 is 0 Å². The number of hydrogen-bond acceptors (Lipinski definition) is 1. The van der Waals surface area contributed by atoms with Gasteiger partial charge in [-0.15, -0.1) is 0 Å². The van der Waals surface area contributed by atoms with E-state index in [4.69, 9.17) is 0 Å². The second kappa shape index (κ2) is 4.81. The smallest absolute Gasteiger partial charge is 0.219 e. The van der Waals surface area contributed by atoms with Crippen molar-refractivity contribution in [1.82, 2.24) is 5.32 Å². The van der Waals surface area contributed by atoms with Crippen molar-refractivity contribution in [3.8, 4) is 0 Å². The summed E-state index contributed by atoms with van der Waals surface area (Å²) in [5.41, 5.74) is 0. The molecule has 9 heavy (non-hydrogen) atoms. The Kier molecular flexibility index (Phi) is 4.79.